The SMILES string of the molecule is Cc1nc2cc(-c3cc4c(cc3Cl)COB4O)ccc2s1. The summed E-state index contributed by atoms with van der Waals surface area (Å²) >= 11 is 8.07. The maximum Gasteiger partial charge on any atom is 0.491 e. The van der Waals surface area contributed by atoms with Crippen LogP contribution in [0.15, 0.2) is 30.3 Å². The molecule has 1 N–H and O–H groups in total. The molecule has 6 heteroatoms. The Bertz CT molecular complexity index is 864. The Hall–Kier alpha value is -1.40. The van der Waals surface area contributed by atoms with Crippen LogP contribution < -0.4 is 5.46 Å². The van der Waals surface area contributed by atoms with Gasteiger partial charge in [-0.3, -0.25) is 0 Å². The fourth-order valence-corrected chi connectivity index (χ4v) is 3.78. The van der Waals surface area contributed by atoms with Crippen molar-refractivity contribution in [1.82, 2.24) is 4.98 Å². The summed E-state index contributed by atoms with van der Waals surface area (Å²) in [5, 5.41) is 11.6. The van der Waals surface area contributed by atoms with Crippen molar-refractivity contribution in [2.45, 2.75) is 13.5 Å². The largest absolute Gasteiger partial charge is 0.491 e. The molecule has 0 bridgehead atoms. The van der Waals surface area contributed by atoms with E-state index in [4.69, 9.17) is 16.3 Å². The summed E-state index contributed by atoms with van der Waals surface area (Å²) in [7, 11) is -0.860. The molecule has 4 rings (SSSR count). The number of rotatable bonds is 1. The Balaban J connectivity index is 1.89. The third kappa shape index (κ3) is 2.17. The fraction of sp³-hybridized carbons (Fsp3) is 0.133. The van der Waals surface area contributed by atoms with Crippen LogP contribution in [0.2, 0.25) is 5.02 Å². The van der Waals surface area contributed by atoms with E-state index in [1.165, 1.54) is 0 Å². The second-order valence-corrected chi connectivity index (χ2v) is 6.75. The number of halogens is 1. The van der Waals surface area contributed by atoms with Crippen LogP contribution in [0.25, 0.3) is 21.3 Å². The lowest BCUT2D eigenvalue weighted by Gasteiger charge is -2.08. The molecule has 1 aromatic heterocycles. The van der Waals surface area contributed by atoms with Gasteiger partial charge in [0.2, 0.25) is 0 Å². The maximum absolute atomic E-state index is 9.84. The van der Waals surface area contributed by atoms with Gasteiger partial charge in [0.1, 0.15) is 0 Å². The molecule has 1 aliphatic heterocycles. The van der Waals surface area contributed by atoms with Gasteiger partial charge in [-0.1, -0.05) is 23.7 Å². The second kappa shape index (κ2) is 4.82. The van der Waals surface area contributed by atoms with Crippen molar-refractivity contribution in [3.8, 4) is 11.1 Å². The van der Waals surface area contributed by atoms with Crippen LogP contribution in [0.4, 0.5) is 0 Å². The molecule has 2 aromatic carbocycles. The minimum absolute atomic E-state index is 0.404. The summed E-state index contributed by atoms with van der Waals surface area (Å²) in [5.41, 5.74) is 4.61. The normalized spacial score (nSPS) is 14.0. The summed E-state index contributed by atoms with van der Waals surface area (Å²) in [6.45, 7) is 2.40. The summed E-state index contributed by atoms with van der Waals surface area (Å²) in [6, 6.07) is 9.92. The predicted octanol–water partition coefficient (Wildman–Crippen LogP) is 3.14. The van der Waals surface area contributed by atoms with Crippen LogP contribution >= 0.6 is 22.9 Å². The number of aromatic nitrogens is 1. The minimum atomic E-state index is -0.860. The van der Waals surface area contributed by atoms with Gasteiger partial charge in [0.15, 0.2) is 0 Å². The van der Waals surface area contributed by atoms with E-state index in [0.717, 1.165) is 37.4 Å². The van der Waals surface area contributed by atoms with E-state index in [-0.39, 0.29) is 0 Å². The lowest BCUT2D eigenvalue weighted by Crippen LogP contribution is -2.28. The molecule has 2 heterocycles. The molecule has 0 atom stereocenters. The van der Waals surface area contributed by atoms with Crippen molar-refractivity contribution in [2.75, 3.05) is 0 Å². The molecule has 0 unspecified atom stereocenters. The molecule has 0 aliphatic carbocycles. The number of fused-ring (bicyclic) bond motifs is 2. The van der Waals surface area contributed by atoms with E-state index in [0.29, 0.717) is 11.6 Å². The fourth-order valence-electron chi connectivity index (χ4n) is 2.68. The minimum Gasteiger partial charge on any atom is -0.423 e. The second-order valence-electron chi connectivity index (χ2n) is 5.11. The molecule has 0 spiro atoms. The summed E-state index contributed by atoms with van der Waals surface area (Å²) in [6.07, 6.45) is 0. The first-order chi connectivity index (χ1) is 10.1. The van der Waals surface area contributed by atoms with Crippen molar-refractivity contribution in [1.29, 1.82) is 0 Å². The first-order valence-corrected chi connectivity index (χ1v) is 7.81. The first-order valence-electron chi connectivity index (χ1n) is 6.61. The highest BCUT2D eigenvalue weighted by atomic mass is 35.5. The number of aryl methyl sites for hydroxylation is 1. The Labute approximate surface area is 131 Å². The standard InChI is InChI=1S/C15H11BClNO2S/c1-8-18-14-5-9(2-3-15(14)21-8)11-6-12-10(4-13(11)17)7-20-16(12)19/h2-6,19H,7H2,1H3. The summed E-state index contributed by atoms with van der Waals surface area (Å²) in [4.78, 5) is 4.52. The summed E-state index contributed by atoms with van der Waals surface area (Å²) in [5.74, 6) is 0. The van der Waals surface area contributed by atoms with Crippen LogP contribution in [-0.4, -0.2) is 17.1 Å². The molecule has 21 heavy (non-hydrogen) atoms. The summed E-state index contributed by atoms with van der Waals surface area (Å²) < 4.78 is 6.39. The molecule has 0 radical (unpaired) electrons. The molecular formula is C15H11BClNO2S. The first kappa shape index (κ1) is 13.3. The molecular weight excluding hydrogens is 305 g/mol. The van der Waals surface area contributed by atoms with Gasteiger partial charge in [-0.05, 0) is 41.7 Å². The van der Waals surface area contributed by atoms with Crippen molar-refractivity contribution < 1.29 is 9.68 Å². The molecule has 0 fully saturated rings. The van der Waals surface area contributed by atoms with E-state index < -0.39 is 7.12 Å². The van der Waals surface area contributed by atoms with Crippen LogP contribution in [-0.2, 0) is 11.3 Å². The smallest absolute Gasteiger partial charge is 0.423 e. The highest BCUT2D eigenvalue weighted by Gasteiger charge is 2.28. The van der Waals surface area contributed by atoms with Gasteiger partial charge in [-0.15, -0.1) is 11.3 Å². The van der Waals surface area contributed by atoms with E-state index in [2.05, 4.69) is 11.1 Å². The van der Waals surface area contributed by atoms with Crippen LogP contribution in [0.1, 0.15) is 10.6 Å². The lowest BCUT2D eigenvalue weighted by atomic mass is 9.78. The van der Waals surface area contributed by atoms with Gasteiger partial charge in [-0.2, -0.15) is 0 Å². The zero-order chi connectivity index (χ0) is 14.6. The molecule has 3 aromatic rings. The van der Waals surface area contributed by atoms with Gasteiger partial charge in [0.05, 0.1) is 21.8 Å². The van der Waals surface area contributed by atoms with Crippen molar-refractivity contribution >= 4 is 45.7 Å². The Morgan fingerprint density at radius 3 is 3.05 bits per heavy atom. The maximum atomic E-state index is 9.84. The van der Waals surface area contributed by atoms with E-state index in [1.54, 1.807) is 11.3 Å². The van der Waals surface area contributed by atoms with Gasteiger partial charge < -0.3 is 9.68 Å². The topological polar surface area (TPSA) is 42.4 Å². The molecule has 3 nitrogen and oxygen atoms in total. The number of hydrogen-bond donors (Lipinski definition) is 1. The molecule has 1 aliphatic rings. The van der Waals surface area contributed by atoms with Gasteiger partial charge in [0, 0.05) is 10.6 Å². The third-order valence-electron chi connectivity index (χ3n) is 3.70. The molecule has 0 saturated carbocycles. The average Bonchev–Trinajstić information content (AvgIpc) is 2.99. The monoisotopic (exact) mass is 315 g/mol. The number of thiazole rings is 1. The Morgan fingerprint density at radius 2 is 2.19 bits per heavy atom. The number of hydrogen-bond acceptors (Lipinski definition) is 4. The third-order valence-corrected chi connectivity index (χ3v) is 4.96. The average molecular weight is 316 g/mol. The highest BCUT2D eigenvalue weighted by Crippen LogP contribution is 2.32. The van der Waals surface area contributed by atoms with Crippen molar-refractivity contribution in [2.24, 2.45) is 0 Å². The van der Waals surface area contributed by atoms with Crippen LogP contribution in [0.5, 0.6) is 0 Å². The van der Waals surface area contributed by atoms with Crippen molar-refractivity contribution in [3.05, 3.63) is 45.9 Å². The molecule has 0 saturated heterocycles. The number of nitrogens with zero attached hydrogens (tertiary/aromatic N) is 1. The Kier molecular flexibility index (Phi) is 3.05. The van der Waals surface area contributed by atoms with E-state index >= 15 is 0 Å². The van der Waals surface area contributed by atoms with Crippen LogP contribution in [0, 0.1) is 6.92 Å². The van der Waals surface area contributed by atoms with Crippen LogP contribution in [0.3, 0.4) is 0 Å². The zero-order valence-corrected chi connectivity index (χ0v) is 12.8. The zero-order valence-electron chi connectivity index (χ0n) is 11.3. The Morgan fingerprint density at radius 1 is 1.33 bits per heavy atom. The van der Waals surface area contributed by atoms with Crippen molar-refractivity contribution in [3.63, 3.8) is 0 Å². The van der Waals surface area contributed by atoms with E-state index in [1.807, 2.05) is 31.2 Å². The quantitative estimate of drug-likeness (QED) is 0.702. The molecule has 0 amide bonds. The van der Waals surface area contributed by atoms with Gasteiger partial charge >= 0.3 is 7.12 Å². The van der Waals surface area contributed by atoms with E-state index in [9.17, 15) is 5.02 Å². The van der Waals surface area contributed by atoms with Gasteiger partial charge in [0.25, 0.3) is 0 Å². The van der Waals surface area contributed by atoms with Gasteiger partial charge in [-0.25, -0.2) is 4.98 Å². The number of benzene rings is 2. The predicted molar refractivity (Wildman–Crippen MR) is 87.2 cm³/mol. The lowest BCUT2D eigenvalue weighted by molar-refractivity contribution is 0.275. The molecule has 104 valence electrons. The highest BCUT2D eigenvalue weighted by molar-refractivity contribution is 7.18.